The molecule has 3 unspecified atom stereocenters. The van der Waals surface area contributed by atoms with Crippen LogP contribution in [0.4, 0.5) is 0 Å². The number of hydrogen-bond donors (Lipinski definition) is 10. The molecule has 230 valence electrons. The minimum absolute atomic E-state index is 0.160. The lowest BCUT2D eigenvalue weighted by atomic mass is 10.1. The summed E-state index contributed by atoms with van der Waals surface area (Å²) in [5, 5.41) is 40.3. The standard InChI is InChI=1S/C30H52N8O3/c1-23(36-13-11-31)20-34-14-16-37-27(19-25-4-8-29(40)9-5-25)22-35-15-17-38-26(21-33-12-10-30(32)41)18-24-2-6-28(39)7-3-24/h2-9,23,26-27,33-40H,10-22,31H2,1H3,(H2,32,41). The minimum atomic E-state index is -0.315. The number of carbonyl (C=O) groups excluding carboxylic acids is 1. The van der Waals surface area contributed by atoms with Crippen LogP contribution < -0.4 is 43.4 Å². The average Bonchev–Trinajstić information content (AvgIpc) is 2.95. The molecule has 1 amide bonds. The summed E-state index contributed by atoms with van der Waals surface area (Å²) in [6.45, 7) is 9.82. The minimum Gasteiger partial charge on any atom is -0.508 e. The monoisotopic (exact) mass is 572 g/mol. The smallest absolute Gasteiger partial charge is 0.218 e. The van der Waals surface area contributed by atoms with Crippen molar-refractivity contribution >= 4 is 5.91 Å². The maximum atomic E-state index is 11.1. The first kappa shape index (κ1) is 34.4. The molecular weight excluding hydrogens is 520 g/mol. The molecule has 2 aromatic carbocycles. The normalized spacial score (nSPS) is 13.6. The number of phenolic OH excluding ortho intramolecular Hbond substituents is 2. The highest BCUT2D eigenvalue weighted by atomic mass is 16.3. The topological polar surface area (TPSA) is 182 Å². The van der Waals surface area contributed by atoms with Gasteiger partial charge in [0.25, 0.3) is 0 Å². The highest BCUT2D eigenvalue weighted by molar-refractivity contribution is 5.73. The van der Waals surface area contributed by atoms with E-state index in [1.54, 1.807) is 24.3 Å². The predicted molar refractivity (Wildman–Crippen MR) is 166 cm³/mol. The van der Waals surface area contributed by atoms with Crippen LogP contribution in [0.5, 0.6) is 11.5 Å². The second-order valence-corrected chi connectivity index (χ2v) is 10.5. The van der Waals surface area contributed by atoms with Gasteiger partial charge in [-0.05, 0) is 55.2 Å². The van der Waals surface area contributed by atoms with Crippen molar-refractivity contribution in [1.29, 1.82) is 0 Å². The molecule has 41 heavy (non-hydrogen) atoms. The van der Waals surface area contributed by atoms with Crippen LogP contribution in [0, 0.1) is 0 Å². The number of carbonyl (C=O) groups is 1. The van der Waals surface area contributed by atoms with Crippen molar-refractivity contribution in [2.45, 2.75) is 44.3 Å². The average molecular weight is 573 g/mol. The first-order chi connectivity index (χ1) is 19.9. The summed E-state index contributed by atoms with van der Waals surface area (Å²) in [4.78, 5) is 11.1. The third-order valence-electron chi connectivity index (χ3n) is 6.72. The first-order valence-electron chi connectivity index (χ1n) is 14.7. The molecule has 0 aromatic heterocycles. The fourth-order valence-corrected chi connectivity index (χ4v) is 4.48. The third-order valence-corrected chi connectivity index (χ3v) is 6.72. The number of phenols is 2. The van der Waals surface area contributed by atoms with Crippen molar-refractivity contribution in [3.05, 3.63) is 59.7 Å². The molecule has 2 aromatic rings. The summed E-state index contributed by atoms with van der Waals surface area (Å²) >= 11 is 0. The summed E-state index contributed by atoms with van der Waals surface area (Å²) in [7, 11) is 0. The van der Waals surface area contributed by atoms with Gasteiger partial charge in [0.05, 0.1) is 0 Å². The largest absolute Gasteiger partial charge is 0.508 e. The lowest BCUT2D eigenvalue weighted by Crippen LogP contribution is -2.47. The van der Waals surface area contributed by atoms with Crippen molar-refractivity contribution in [3.63, 3.8) is 0 Å². The van der Waals surface area contributed by atoms with E-state index in [9.17, 15) is 15.0 Å². The summed E-state index contributed by atoms with van der Waals surface area (Å²) in [5.74, 6) is 0.211. The van der Waals surface area contributed by atoms with Crippen LogP contribution in [0.25, 0.3) is 0 Å². The van der Waals surface area contributed by atoms with Crippen LogP contribution in [0.3, 0.4) is 0 Å². The molecule has 11 nitrogen and oxygen atoms in total. The van der Waals surface area contributed by atoms with Crippen LogP contribution in [-0.4, -0.2) is 99.7 Å². The predicted octanol–water partition coefficient (Wildman–Crippen LogP) is -0.620. The maximum absolute atomic E-state index is 11.1. The molecule has 2 rings (SSSR count). The quantitative estimate of drug-likeness (QED) is 0.0728. The number of benzene rings is 2. The molecule has 0 spiro atoms. The number of primary amides is 1. The first-order valence-corrected chi connectivity index (χ1v) is 14.7. The third kappa shape index (κ3) is 16.9. The van der Waals surface area contributed by atoms with E-state index < -0.39 is 0 Å². The van der Waals surface area contributed by atoms with Crippen molar-refractivity contribution in [3.8, 4) is 11.5 Å². The van der Waals surface area contributed by atoms with Crippen molar-refractivity contribution in [2.24, 2.45) is 11.5 Å². The zero-order chi connectivity index (χ0) is 29.7. The highest BCUT2D eigenvalue weighted by Gasteiger charge is 2.12. The zero-order valence-corrected chi connectivity index (χ0v) is 24.5. The van der Waals surface area contributed by atoms with E-state index in [0.29, 0.717) is 32.1 Å². The Kier molecular flexibility index (Phi) is 17.6. The number of nitrogens with one attached hydrogen (secondary N) is 6. The molecule has 0 bridgehead atoms. The summed E-state index contributed by atoms with van der Waals surface area (Å²) in [5.41, 5.74) is 13.1. The summed E-state index contributed by atoms with van der Waals surface area (Å²) in [6, 6.07) is 15.4. The molecule has 0 aliphatic heterocycles. The number of nitrogens with two attached hydrogens (primary N) is 2. The SMILES string of the molecule is CC(CNCCNC(CNCCNC(CNCCC(N)=O)Cc1ccc(O)cc1)Cc1ccc(O)cc1)NCCN. The molecule has 11 heteroatoms. The number of rotatable bonds is 24. The van der Waals surface area contributed by atoms with Crippen LogP contribution in [0.15, 0.2) is 48.5 Å². The van der Waals surface area contributed by atoms with E-state index in [-0.39, 0.29) is 29.5 Å². The van der Waals surface area contributed by atoms with Gasteiger partial charge in [-0.3, -0.25) is 4.79 Å². The number of amides is 1. The van der Waals surface area contributed by atoms with Gasteiger partial charge in [0.1, 0.15) is 11.5 Å². The molecule has 3 atom stereocenters. The van der Waals surface area contributed by atoms with Crippen LogP contribution in [0.1, 0.15) is 24.5 Å². The van der Waals surface area contributed by atoms with E-state index in [1.807, 2.05) is 24.3 Å². The maximum Gasteiger partial charge on any atom is 0.218 e. The van der Waals surface area contributed by atoms with Gasteiger partial charge in [-0.1, -0.05) is 24.3 Å². The van der Waals surface area contributed by atoms with Crippen molar-refractivity contribution < 1.29 is 15.0 Å². The van der Waals surface area contributed by atoms with Crippen molar-refractivity contribution in [1.82, 2.24) is 31.9 Å². The Bertz CT molecular complexity index is 946. The van der Waals surface area contributed by atoms with Gasteiger partial charge in [-0.25, -0.2) is 0 Å². The molecule has 0 aliphatic rings. The fourth-order valence-electron chi connectivity index (χ4n) is 4.48. The van der Waals surface area contributed by atoms with Gasteiger partial charge in [-0.2, -0.15) is 0 Å². The molecule has 0 saturated heterocycles. The second-order valence-electron chi connectivity index (χ2n) is 10.5. The molecule has 0 heterocycles. The Labute approximate surface area is 245 Å². The molecule has 0 aliphatic carbocycles. The van der Waals surface area contributed by atoms with E-state index >= 15 is 0 Å². The van der Waals surface area contributed by atoms with Gasteiger partial charge in [0.15, 0.2) is 0 Å². The Morgan fingerprint density at radius 3 is 1.61 bits per heavy atom. The van der Waals surface area contributed by atoms with E-state index in [4.69, 9.17) is 11.5 Å². The fraction of sp³-hybridized carbons (Fsp3) is 0.567. The van der Waals surface area contributed by atoms with Crippen LogP contribution in [-0.2, 0) is 17.6 Å². The highest BCUT2D eigenvalue weighted by Crippen LogP contribution is 2.12. The Balaban J connectivity index is 1.79. The lowest BCUT2D eigenvalue weighted by molar-refractivity contribution is -0.117. The van der Waals surface area contributed by atoms with Gasteiger partial charge in [0, 0.05) is 90.0 Å². The zero-order valence-electron chi connectivity index (χ0n) is 24.5. The number of aromatic hydroxyl groups is 2. The van der Waals surface area contributed by atoms with Gasteiger partial charge >= 0.3 is 0 Å². The number of hydrogen-bond acceptors (Lipinski definition) is 10. The van der Waals surface area contributed by atoms with E-state index in [2.05, 4.69) is 38.8 Å². The van der Waals surface area contributed by atoms with Gasteiger partial charge in [-0.15, -0.1) is 0 Å². The summed E-state index contributed by atoms with van der Waals surface area (Å²) < 4.78 is 0. The second kappa shape index (κ2) is 21.0. The molecule has 0 fully saturated rings. The molecule has 0 radical (unpaired) electrons. The van der Waals surface area contributed by atoms with E-state index in [1.165, 1.54) is 5.56 Å². The Morgan fingerprint density at radius 1 is 0.683 bits per heavy atom. The van der Waals surface area contributed by atoms with Crippen molar-refractivity contribution in [2.75, 3.05) is 65.4 Å². The van der Waals surface area contributed by atoms with Crippen LogP contribution in [0.2, 0.25) is 0 Å². The van der Waals surface area contributed by atoms with Crippen LogP contribution >= 0.6 is 0 Å². The Hall–Kier alpha value is -2.77. The van der Waals surface area contributed by atoms with E-state index in [0.717, 1.165) is 64.2 Å². The summed E-state index contributed by atoms with van der Waals surface area (Å²) in [6.07, 6.45) is 1.95. The molecule has 0 saturated carbocycles. The van der Waals surface area contributed by atoms with Gasteiger partial charge < -0.3 is 53.6 Å². The molecular formula is C30H52N8O3. The lowest BCUT2D eigenvalue weighted by Gasteiger charge is -2.22. The Morgan fingerprint density at radius 2 is 1.15 bits per heavy atom. The molecule has 12 N–H and O–H groups in total. The van der Waals surface area contributed by atoms with Gasteiger partial charge in [0.2, 0.25) is 5.91 Å².